The smallest absolute Gasteiger partial charge is 0.391 e. The Morgan fingerprint density at radius 1 is 1.16 bits per heavy atom. The molecule has 19 heavy (non-hydrogen) atoms. The summed E-state index contributed by atoms with van der Waals surface area (Å²) >= 11 is 0. The summed E-state index contributed by atoms with van der Waals surface area (Å²) in [4.78, 5) is 0. The maximum absolute atomic E-state index is 13.5. The van der Waals surface area contributed by atoms with Gasteiger partial charge in [-0.05, 0) is 31.0 Å². The standard InChI is InChI=1S/C13H15F4NO/c14-9-6-5-8(13(15,16)17)7-11(9)18-10-3-1-2-4-12(10)19/h5-7,10,12,18-19H,1-4H2. The normalized spacial score (nSPS) is 24.3. The number of halogens is 4. The Morgan fingerprint density at radius 3 is 2.47 bits per heavy atom. The summed E-state index contributed by atoms with van der Waals surface area (Å²) < 4.78 is 51.2. The van der Waals surface area contributed by atoms with Gasteiger partial charge < -0.3 is 10.4 Å². The van der Waals surface area contributed by atoms with Gasteiger partial charge in [0, 0.05) is 0 Å². The zero-order valence-electron chi connectivity index (χ0n) is 10.2. The minimum atomic E-state index is -4.50. The Hall–Kier alpha value is -1.30. The first-order chi connectivity index (χ1) is 8.88. The molecule has 1 saturated carbocycles. The molecule has 2 rings (SSSR count). The van der Waals surface area contributed by atoms with Gasteiger partial charge in [-0.3, -0.25) is 0 Å². The molecule has 0 bridgehead atoms. The number of hydrogen-bond acceptors (Lipinski definition) is 2. The molecular weight excluding hydrogens is 262 g/mol. The highest BCUT2D eigenvalue weighted by atomic mass is 19.4. The molecule has 0 heterocycles. The summed E-state index contributed by atoms with van der Waals surface area (Å²) in [7, 11) is 0. The molecular formula is C13H15F4NO. The van der Waals surface area contributed by atoms with Crippen LogP contribution in [0.15, 0.2) is 18.2 Å². The molecule has 0 aromatic heterocycles. The van der Waals surface area contributed by atoms with Crippen LogP contribution in [0.5, 0.6) is 0 Å². The van der Waals surface area contributed by atoms with E-state index in [1.165, 1.54) is 0 Å². The van der Waals surface area contributed by atoms with Gasteiger partial charge in [0.05, 0.1) is 23.4 Å². The molecule has 2 N–H and O–H groups in total. The van der Waals surface area contributed by atoms with Crippen molar-refractivity contribution in [2.75, 3.05) is 5.32 Å². The average Bonchev–Trinajstić information content (AvgIpc) is 2.33. The van der Waals surface area contributed by atoms with Crippen LogP contribution in [0.2, 0.25) is 0 Å². The highest BCUT2D eigenvalue weighted by molar-refractivity contribution is 5.49. The Labute approximate surface area is 108 Å². The molecule has 2 atom stereocenters. The van der Waals surface area contributed by atoms with Gasteiger partial charge >= 0.3 is 6.18 Å². The number of hydrogen-bond donors (Lipinski definition) is 2. The first-order valence-corrected chi connectivity index (χ1v) is 6.19. The molecule has 0 spiro atoms. The summed E-state index contributed by atoms with van der Waals surface area (Å²) in [5.41, 5.74) is -1.11. The van der Waals surface area contributed by atoms with Crippen LogP contribution < -0.4 is 5.32 Å². The fourth-order valence-electron chi connectivity index (χ4n) is 2.29. The summed E-state index contributed by atoms with van der Waals surface area (Å²) in [5.74, 6) is -0.745. The minimum Gasteiger partial charge on any atom is -0.391 e. The van der Waals surface area contributed by atoms with E-state index in [0.717, 1.165) is 25.0 Å². The van der Waals surface area contributed by atoms with Crippen molar-refractivity contribution in [1.82, 2.24) is 0 Å². The molecule has 1 fully saturated rings. The van der Waals surface area contributed by atoms with Crippen molar-refractivity contribution in [3.8, 4) is 0 Å². The Bertz CT molecular complexity index is 447. The third-order valence-corrected chi connectivity index (χ3v) is 3.36. The second-order valence-corrected chi connectivity index (χ2v) is 4.80. The van der Waals surface area contributed by atoms with Crippen molar-refractivity contribution < 1.29 is 22.7 Å². The van der Waals surface area contributed by atoms with Crippen molar-refractivity contribution in [2.45, 2.75) is 44.0 Å². The van der Waals surface area contributed by atoms with Gasteiger partial charge in [-0.1, -0.05) is 12.8 Å². The zero-order chi connectivity index (χ0) is 14.0. The maximum Gasteiger partial charge on any atom is 0.416 e. The van der Waals surface area contributed by atoms with E-state index in [1.807, 2.05) is 0 Å². The number of alkyl halides is 3. The molecule has 1 aromatic rings. The van der Waals surface area contributed by atoms with E-state index in [0.29, 0.717) is 18.9 Å². The van der Waals surface area contributed by atoms with E-state index in [2.05, 4.69) is 5.32 Å². The van der Waals surface area contributed by atoms with Gasteiger partial charge in [-0.25, -0.2) is 4.39 Å². The quantitative estimate of drug-likeness (QED) is 0.810. The van der Waals surface area contributed by atoms with Crippen LogP contribution in [0, 0.1) is 5.82 Å². The van der Waals surface area contributed by atoms with Crippen LogP contribution >= 0.6 is 0 Å². The summed E-state index contributed by atoms with van der Waals surface area (Å²) in [6, 6.07) is 1.85. The van der Waals surface area contributed by atoms with Crippen molar-refractivity contribution in [3.05, 3.63) is 29.6 Å². The Balaban J connectivity index is 2.19. The number of nitrogens with one attached hydrogen (secondary N) is 1. The second kappa shape index (κ2) is 5.36. The summed E-state index contributed by atoms with van der Waals surface area (Å²) in [5, 5.41) is 12.4. The Kier molecular flexibility index (Phi) is 3.99. The van der Waals surface area contributed by atoms with Gasteiger partial charge in [0.25, 0.3) is 0 Å². The number of benzene rings is 1. The van der Waals surface area contributed by atoms with E-state index in [9.17, 15) is 22.7 Å². The second-order valence-electron chi connectivity index (χ2n) is 4.80. The van der Waals surface area contributed by atoms with Crippen LogP contribution in [-0.2, 0) is 6.18 Å². The van der Waals surface area contributed by atoms with E-state index in [1.54, 1.807) is 0 Å². The number of aliphatic hydroxyl groups is 1. The summed E-state index contributed by atoms with van der Waals surface area (Å²) in [6.45, 7) is 0. The van der Waals surface area contributed by atoms with Crippen molar-refractivity contribution in [1.29, 1.82) is 0 Å². The molecule has 1 aromatic carbocycles. The van der Waals surface area contributed by atoms with Crippen LogP contribution in [0.25, 0.3) is 0 Å². The highest BCUT2D eigenvalue weighted by Crippen LogP contribution is 2.32. The van der Waals surface area contributed by atoms with Gasteiger partial charge in [0.2, 0.25) is 0 Å². The first kappa shape index (κ1) is 14.1. The molecule has 0 amide bonds. The number of aliphatic hydroxyl groups excluding tert-OH is 1. The molecule has 1 aliphatic rings. The van der Waals surface area contributed by atoms with Crippen molar-refractivity contribution in [2.24, 2.45) is 0 Å². The largest absolute Gasteiger partial charge is 0.416 e. The SMILES string of the molecule is OC1CCCCC1Nc1cc(C(F)(F)F)ccc1F. The fourth-order valence-corrected chi connectivity index (χ4v) is 2.29. The Morgan fingerprint density at radius 2 is 1.84 bits per heavy atom. The molecule has 0 saturated heterocycles. The highest BCUT2D eigenvalue weighted by Gasteiger charge is 2.32. The molecule has 1 aliphatic carbocycles. The first-order valence-electron chi connectivity index (χ1n) is 6.19. The predicted molar refractivity (Wildman–Crippen MR) is 63.3 cm³/mol. The number of rotatable bonds is 2. The van der Waals surface area contributed by atoms with Crippen LogP contribution in [-0.4, -0.2) is 17.3 Å². The fraction of sp³-hybridized carbons (Fsp3) is 0.538. The average molecular weight is 277 g/mol. The van der Waals surface area contributed by atoms with Gasteiger partial charge in [0.15, 0.2) is 0 Å². The van der Waals surface area contributed by atoms with Gasteiger partial charge in [0.1, 0.15) is 5.82 Å². The molecule has 106 valence electrons. The van der Waals surface area contributed by atoms with Crippen LogP contribution in [0.4, 0.5) is 23.2 Å². The predicted octanol–water partition coefficient (Wildman–Crippen LogP) is 3.56. The molecule has 0 radical (unpaired) electrons. The topological polar surface area (TPSA) is 32.3 Å². The lowest BCUT2D eigenvalue weighted by Gasteiger charge is -2.29. The molecule has 6 heteroatoms. The van der Waals surface area contributed by atoms with E-state index < -0.39 is 29.7 Å². The monoisotopic (exact) mass is 277 g/mol. The lowest BCUT2D eigenvalue weighted by Crippen LogP contribution is -2.36. The van der Waals surface area contributed by atoms with Gasteiger partial charge in [-0.15, -0.1) is 0 Å². The van der Waals surface area contributed by atoms with Crippen molar-refractivity contribution >= 4 is 5.69 Å². The lowest BCUT2D eigenvalue weighted by atomic mass is 9.92. The zero-order valence-corrected chi connectivity index (χ0v) is 10.2. The molecule has 2 nitrogen and oxygen atoms in total. The number of anilines is 1. The third kappa shape index (κ3) is 3.37. The van der Waals surface area contributed by atoms with Crippen LogP contribution in [0.3, 0.4) is 0 Å². The minimum absolute atomic E-state index is 0.208. The summed E-state index contributed by atoms with van der Waals surface area (Å²) in [6.07, 6.45) is -2.20. The van der Waals surface area contributed by atoms with E-state index >= 15 is 0 Å². The van der Waals surface area contributed by atoms with E-state index in [-0.39, 0.29) is 5.69 Å². The van der Waals surface area contributed by atoms with E-state index in [4.69, 9.17) is 0 Å². The van der Waals surface area contributed by atoms with Gasteiger partial charge in [-0.2, -0.15) is 13.2 Å². The maximum atomic E-state index is 13.5. The van der Waals surface area contributed by atoms with Crippen molar-refractivity contribution in [3.63, 3.8) is 0 Å². The third-order valence-electron chi connectivity index (χ3n) is 3.36. The molecule has 0 aliphatic heterocycles. The molecule has 2 unspecified atom stereocenters. The lowest BCUT2D eigenvalue weighted by molar-refractivity contribution is -0.137. The van der Waals surface area contributed by atoms with Crippen LogP contribution in [0.1, 0.15) is 31.2 Å².